The van der Waals surface area contributed by atoms with Crippen molar-refractivity contribution in [1.29, 1.82) is 0 Å². The van der Waals surface area contributed by atoms with E-state index in [1.54, 1.807) is 7.11 Å². The van der Waals surface area contributed by atoms with Crippen molar-refractivity contribution < 1.29 is 4.74 Å². The summed E-state index contributed by atoms with van der Waals surface area (Å²) < 4.78 is 5.35. The highest BCUT2D eigenvalue weighted by molar-refractivity contribution is 5.38. The predicted molar refractivity (Wildman–Crippen MR) is 76.4 cm³/mol. The van der Waals surface area contributed by atoms with Crippen LogP contribution in [0.4, 0.5) is 0 Å². The van der Waals surface area contributed by atoms with E-state index in [1.807, 2.05) is 0 Å². The molecule has 1 saturated heterocycles. The highest BCUT2D eigenvalue weighted by atomic mass is 16.5. The van der Waals surface area contributed by atoms with Crippen LogP contribution in [0.3, 0.4) is 0 Å². The molecule has 0 amide bonds. The first-order valence-corrected chi connectivity index (χ1v) is 7.11. The van der Waals surface area contributed by atoms with Gasteiger partial charge >= 0.3 is 0 Å². The van der Waals surface area contributed by atoms with E-state index in [2.05, 4.69) is 37.4 Å². The van der Waals surface area contributed by atoms with E-state index in [1.165, 1.54) is 36.9 Å². The number of methoxy groups -OCH3 is 1. The zero-order valence-electron chi connectivity index (χ0n) is 11.8. The Bertz CT molecular complexity index is 387. The highest BCUT2D eigenvalue weighted by Crippen LogP contribution is 2.34. The van der Waals surface area contributed by atoms with Crippen LogP contribution in [0.25, 0.3) is 0 Å². The molecule has 0 bridgehead atoms. The van der Waals surface area contributed by atoms with Gasteiger partial charge in [0.25, 0.3) is 0 Å². The van der Waals surface area contributed by atoms with Crippen molar-refractivity contribution in [3.05, 3.63) is 29.3 Å². The summed E-state index contributed by atoms with van der Waals surface area (Å²) >= 11 is 0. The highest BCUT2D eigenvalue weighted by Gasteiger charge is 2.25. The average molecular weight is 247 g/mol. The van der Waals surface area contributed by atoms with E-state index < -0.39 is 0 Å². The summed E-state index contributed by atoms with van der Waals surface area (Å²) in [5.74, 6) is 2.51. The van der Waals surface area contributed by atoms with Gasteiger partial charge in [-0.05, 0) is 61.9 Å². The number of aryl methyl sites for hydroxylation is 1. The van der Waals surface area contributed by atoms with Crippen molar-refractivity contribution in [1.82, 2.24) is 5.32 Å². The quantitative estimate of drug-likeness (QED) is 0.879. The third-order valence-corrected chi connectivity index (χ3v) is 4.11. The van der Waals surface area contributed by atoms with Crippen molar-refractivity contribution in [2.45, 2.75) is 39.0 Å². The molecule has 1 aromatic rings. The molecule has 2 nitrogen and oxygen atoms in total. The Morgan fingerprint density at radius 3 is 2.89 bits per heavy atom. The van der Waals surface area contributed by atoms with Gasteiger partial charge in [-0.3, -0.25) is 0 Å². The maximum absolute atomic E-state index is 5.35. The molecule has 2 unspecified atom stereocenters. The Morgan fingerprint density at radius 2 is 2.22 bits per heavy atom. The van der Waals surface area contributed by atoms with Gasteiger partial charge in [0.2, 0.25) is 0 Å². The lowest BCUT2D eigenvalue weighted by molar-refractivity contribution is 0.306. The molecular weight excluding hydrogens is 222 g/mol. The Hall–Kier alpha value is -1.02. The minimum atomic E-state index is 0.718. The largest absolute Gasteiger partial charge is 0.496 e. The van der Waals surface area contributed by atoms with Gasteiger partial charge in [-0.2, -0.15) is 0 Å². The van der Waals surface area contributed by atoms with E-state index in [4.69, 9.17) is 4.74 Å². The van der Waals surface area contributed by atoms with Gasteiger partial charge in [-0.15, -0.1) is 0 Å². The molecule has 1 N–H and O–H groups in total. The van der Waals surface area contributed by atoms with Gasteiger partial charge in [0.15, 0.2) is 0 Å². The third-order valence-electron chi connectivity index (χ3n) is 4.11. The van der Waals surface area contributed by atoms with Crippen LogP contribution in [-0.2, 0) is 0 Å². The lowest BCUT2D eigenvalue weighted by Gasteiger charge is -2.32. The summed E-state index contributed by atoms with van der Waals surface area (Å²) in [6.45, 7) is 6.74. The summed E-state index contributed by atoms with van der Waals surface area (Å²) in [7, 11) is 1.74. The maximum atomic E-state index is 5.35. The second kappa shape index (κ2) is 6.24. The third kappa shape index (κ3) is 2.86. The first-order chi connectivity index (χ1) is 8.76. The summed E-state index contributed by atoms with van der Waals surface area (Å²) in [5, 5.41) is 3.53. The molecule has 18 heavy (non-hydrogen) atoms. The van der Waals surface area contributed by atoms with Crippen molar-refractivity contribution in [3.63, 3.8) is 0 Å². The predicted octanol–water partition coefficient (Wildman–Crippen LogP) is 3.50. The van der Waals surface area contributed by atoms with Crippen LogP contribution in [0.5, 0.6) is 5.75 Å². The first-order valence-electron chi connectivity index (χ1n) is 7.11. The van der Waals surface area contributed by atoms with Gasteiger partial charge < -0.3 is 10.1 Å². The monoisotopic (exact) mass is 247 g/mol. The summed E-state index contributed by atoms with van der Waals surface area (Å²) in [4.78, 5) is 0. The lowest BCUT2D eigenvalue weighted by Crippen LogP contribution is -2.35. The molecule has 0 radical (unpaired) electrons. The fourth-order valence-corrected chi connectivity index (χ4v) is 3.17. The summed E-state index contributed by atoms with van der Waals surface area (Å²) in [6, 6.07) is 6.69. The molecule has 100 valence electrons. The number of piperidine rings is 1. The Morgan fingerprint density at radius 1 is 1.39 bits per heavy atom. The van der Waals surface area contributed by atoms with Crippen LogP contribution < -0.4 is 10.1 Å². The van der Waals surface area contributed by atoms with E-state index in [-0.39, 0.29) is 0 Å². The summed E-state index contributed by atoms with van der Waals surface area (Å²) in [6.07, 6.45) is 3.86. The number of benzene rings is 1. The van der Waals surface area contributed by atoms with Crippen LogP contribution in [0.1, 0.15) is 43.2 Å². The fraction of sp³-hybridized carbons (Fsp3) is 0.625. The second-order valence-electron chi connectivity index (χ2n) is 5.38. The molecule has 0 aliphatic carbocycles. The number of hydrogen-bond donors (Lipinski definition) is 1. The van der Waals surface area contributed by atoms with Gasteiger partial charge in [-0.1, -0.05) is 25.5 Å². The van der Waals surface area contributed by atoms with Gasteiger partial charge in [0.1, 0.15) is 5.75 Å². The smallest absolute Gasteiger partial charge is 0.121 e. The molecule has 2 rings (SSSR count). The molecule has 1 aliphatic heterocycles. The molecule has 0 aromatic heterocycles. The topological polar surface area (TPSA) is 21.3 Å². The molecule has 1 aromatic carbocycles. The SMILES string of the molecule is CCCC1CNCCC1c1ccc(OC)c(C)c1. The zero-order valence-corrected chi connectivity index (χ0v) is 11.8. The summed E-state index contributed by atoms with van der Waals surface area (Å²) in [5.41, 5.74) is 2.75. The molecular formula is C16H25NO. The van der Waals surface area contributed by atoms with E-state index in [0.717, 1.165) is 24.1 Å². The lowest BCUT2D eigenvalue weighted by atomic mass is 9.78. The normalized spacial score (nSPS) is 23.9. The van der Waals surface area contributed by atoms with Crippen LogP contribution in [-0.4, -0.2) is 20.2 Å². The molecule has 1 aliphatic rings. The van der Waals surface area contributed by atoms with Crippen molar-refractivity contribution >= 4 is 0 Å². The number of rotatable bonds is 4. The zero-order chi connectivity index (χ0) is 13.0. The van der Waals surface area contributed by atoms with E-state index in [9.17, 15) is 0 Å². The van der Waals surface area contributed by atoms with Gasteiger partial charge in [0, 0.05) is 0 Å². The molecule has 2 atom stereocenters. The van der Waals surface area contributed by atoms with Crippen LogP contribution in [0, 0.1) is 12.8 Å². The van der Waals surface area contributed by atoms with Crippen LogP contribution in [0.15, 0.2) is 18.2 Å². The Balaban J connectivity index is 2.19. The van der Waals surface area contributed by atoms with Gasteiger partial charge in [0.05, 0.1) is 7.11 Å². The molecule has 2 heteroatoms. The molecule has 1 fully saturated rings. The van der Waals surface area contributed by atoms with E-state index in [0.29, 0.717) is 0 Å². The Labute approximate surface area is 111 Å². The minimum Gasteiger partial charge on any atom is -0.496 e. The van der Waals surface area contributed by atoms with Crippen molar-refractivity contribution in [3.8, 4) is 5.75 Å². The molecule has 0 saturated carbocycles. The van der Waals surface area contributed by atoms with E-state index >= 15 is 0 Å². The number of ether oxygens (including phenoxy) is 1. The fourth-order valence-electron chi connectivity index (χ4n) is 3.17. The second-order valence-corrected chi connectivity index (χ2v) is 5.38. The van der Waals surface area contributed by atoms with Crippen LogP contribution in [0.2, 0.25) is 0 Å². The Kier molecular flexibility index (Phi) is 4.65. The van der Waals surface area contributed by atoms with Crippen molar-refractivity contribution in [2.24, 2.45) is 5.92 Å². The van der Waals surface area contributed by atoms with Crippen molar-refractivity contribution in [2.75, 3.05) is 20.2 Å². The minimum absolute atomic E-state index is 0.718. The van der Waals surface area contributed by atoms with Gasteiger partial charge in [-0.25, -0.2) is 0 Å². The maximum Gasteiger partial charge on any atom is 0.121 e. The molecule has 1 heterocycles. The molecule has 0 spiro atoms. The number of nitrogens with one attached hydrogen (secondary N) is 1. The number of hydrogen-bond acceptors (Lipinski definition) is 2. The standard InChI is InChI=1S/C16H25NO/c1-4-5-14-11-17-9-8-15(14)13-6-7-16(18-3)12(2)10-13/h6-7,10,14-15,17H,4-5,8-9,11H2,1-3H3. The first kappa shape index (κ1) is 13.4. The van der Waals surface area contributed by atoms with Crippen LogP contribution >= 0.6 is 0 Å². The average Bonchev–Trinajstić information content (AvgIpc) is 2.40.